The molecule has 0 saturated heterocycles. The maximum atomic E-state index is 13.4. The van der Waals surface area contributed by atoms with Crippen LogP contribution in [0.5, 0.6) is 5.75 Å². The lowest BCUT2D eigenvalue weighted by Crippen LogP contribution is -2.32. The largest absolute Gasteiger partial charge is 0.496 e. The molecule has 172 valence electrons. The van der Waals surface area contributed by atoms with E-state index in [1.165, 1.54) is 7.11 Å². The van der Waals surface area contributed by atoms with Gasteiger partial charge in [-0.05, 0) is 68.1 Å². The summed E-state index contributed by atoms with van der Waals surface area (Å²) in [5, 5.41) is 2.92. The maximum Gasteiger partial charge on any atom is 0.259 e. The molecule has 2 N–H and O–H groups in total. The van der Waals surface area contributed by atoms with Crippen molar-refractivity contribution in [2.24, 2.45) is 0 Å². The number of para-hydroxylation sites is 1. The molecule has 5 rings (SSSR count). The van der Waals surface area contributed by atoms with Gasteiger partial charge in [0, 0.05) is 24.5 Å². The van der Waals surface area contributed by atoms with Gasteiger partial charge in [0.05, 0.1) is 29.6 Å². The van der Waals surface area contributed by atoms with Gasteiger partial charge in [0.1, 0.15) is 17.1 Å². The van der Waals surface area contributed by atoms with Crippen molar-refractivity contribution in [3.63, 3.8) is 0 Å². The number of nitrogens with zero attached hydrogens (tertiary/aromatic N) is 3. The summed E-state index contributed by atoms with van der Waals surface area (Å²) in [6, 6.07) is 12.4. The predicted molar refractivity (Wildman–Crippen MR) is 131 cm³/mol. The zero-order valence-corrected chi connectivity index (χ0v) is 19.1. The normalized spacial score (nSPS) is 13.3. The van der Waals surface area contributed by atoms with E-state index in [4.69, 9.17) is 4.74 Å². The van der Waals surface area contributed by atoms with Crippen molar-refractivity contribution in [3.8, 4) is 5.75 Å². The first-order valence-electron chi connectivity index (χ1n) is 11.2. The smallest absolute Gasteiger partial charge is 0.259 e. The van der Waals surface area contributed by atoms with E-state index in [9.17, 15) is 9.59 Å². The molecule has 2 aromatic carbocycles. The van der Waals surface area contributed by atoms with Gasteiger partial charge >= 0.3 is 0 Å². The number of pyridine rings is 1. The molecule has 0 atom stereocenters. The summed E-state index contributed by atoms with van der Waals surface area (Å²) in [7, 11) is 1.49. The molecule has 0 radical (unpaired) electrons. The maximum absolute atomic E-state index is 13.4. The molecule has 2 aromatic heterocycles. The second-order valence-corrected chi connectivity index (χ2v) is 8.31. The Morgan fingerprint density at radius 3 is 2.88 bits per heavy atom. The van der Waals surface area contributed by atoms with Crippen LogP contribution in [-0.2, 0) is 6.42 Å². The van der Waals surface area contributed by atoms with Crippen molar-refractivity contribution >= 4 is 34.2 Å². The zero-order valence-electron chi connectivity index (χ0n) is 19.1. The van der Waals surface area contributed by atoms with Crippen LogP contribution in [0.3, 0.4) is 0 Å². The lowest BCUT2D eigenvalue weighted by molar-refractivity contribution is 0.0982. The van der Waals surface area contributed by atoms with Gasteiger partial charge < -0.3 is 19.9 Å². The fourth-order valence-electron chi connectivity index (χ4n) is 4.41. The monoisotopic (exact) mass is 455 g/mol. The molecule has 34 heavy (non-hydrogen) atoms. The van der Waals surface area contributed by atoms with Crippen molar-refractivity contribution < 1.29 is 14.3 Å². The number of fused-ring (bicyclic) bond motifs is 2. The summed E-state index contributed by atoms with van der Waals surface area (Å²) in [5.74, 6) is 0.632. The number of aryl methyl sites for hydroxylation is 2. The zero-order chi connectivity index (χ0) is 23.7. The lowest BCUT2D eigenvalue weighted by atomic mass is 10.1. The molecule has 8 heteroatoms. The minimum Gasteiger partial charge on any atom is -0.496 e. The van der Waals surface area contributed by atoms with E-state index in [1.54, 1.807) is 35.4 Å². The van der Waals surface area contributed by atoms with E-state index in [0.29, 0.717) is 34.6 Å². The third-order valence-electron chi connectivity index (χ3n) is 6.06. The van der Waals surface area contributed by atoms with Crippen molar-refractivity contribution in [1.82, 2.24) is 15.0 Å². The Morgan fingerprint density at radius 2 is 2.03 bits per heavy atom. The molecule has 3 heterocycles. The van der Waals surface area contributed by atoms with Crippen LogP contribution in [0.4, 0.5) is 11.4 Å². The van der Waals surface area contributed by atoms with Gasteiger partial charge in [-0.3, -0.25) is 14.6 Å². The Kier molecular flexibility index (Phi) is 5.71. The Morgan fingerprint density at radius 1 is 1.15 bits per heavy atom. The first kappa shape index (κ1) is 21.6. The van der Waals surface area contributed by atoms with Gasteiger partial charge in [0.25, 0.3) is 11.8 Å². The van der Waals surface area contributed by atoms with E-state index in [-0.39, 0.29) is 11.8 Å². The van der Waals surface area contributed by atoms with Gasteiger partial charge in [-0.2, -0.15) is 0 Å². The van der Waals surface area contributed by atoms with Crippen LogP contribution < -0.4 is 15.0 Å². The van der Waals surface area contributed by atoms with Crippen LogP contribution in [0.15, 0.2) is 54.9 Å². The van der Waals surface area contributed by atoms with Crippen LogP contribution in [-0.4, -0.2) is 40.4 Å². The fraction of sp³-hybridized carbons (Fsp3) is 0.231. The molecule has 0 fully saturated rings. The number of rotatable bonds is 4. The lowest BCUT2D eigenvalue weighted by Gasteiger charge is -2.23. The highest BCUT2D eigenvalue weighted by molar-refractivity contribution is 6.11. The number of benzene rings is 2. The van der Waals surface area contributed by atoms with E-state index < -0.39 is 0 Å². The van der Waals surface area contributed by atoms with Gasteiger partial charge in [-0.15, -0.1) is 0 Å². The highest BCUT2D eigenvalue weighted by Crippen LogP contribution is 2.29. The highest BCUT2D eigenvalue weighted by atomic mass is 16.5. The second kappa shape index (κ2) is 8.97. The summed E-state index contributed by atoms with van der Waals surface area (Å²) < 4.78 is 5.50. The van der Waals surface area contributed by atoms with Crippen molar-refractivity contribution in [2.45, 2.75) is 26.2 Å². The average Bonchev–Trinajstić information content (AvgIpc) is 3.11. The molecule has 8 nitrogen and oxygen atoms in total. The van der Waals surface area contributed by atoms with Crippen LogP contribution >= 0.6 is 0 Å². The first-order valence-corrected chi connectivity index (χ1v) is 11.2. The SMILES string of the molecule is COc1cc(C(=O)N2CCCCc3cnccc32)ccc1C(=O)Nc1cccc2[nH]c(C)nc12. The molecule has 1 aliphatic rings. The summed E-state index contributed by atoms with van der Waals surface area (Å²) in [6.45, 7) is 2.50. The summed E-state index contributed by atoms with van der Waals surface area (Å²) in [5.41, 5.74) is 4.89. The number of hydrogen-bond donors (Lipinski definition) is 2. The second-order valence-electron chi connectivity index (χ2n) is 8.31. The van der Waals surface area contributed by atoms with E-state index in [1.807, 2.05) is 31.3 Å². The fourth-order valence-corrected chi connectivity index (χ4v) is 4.41. The number of nitrogens with one attached hydrogen (secondary N) is 2. The molecule has 0 bridgehead atoms. The minimum atomic E-state index is -0.338. The van der Waals surface area contributed by atoms with Crippen molar-refractivity contribution in [3.05, 3.63) is 77.4 Å². The number of amides is 2. The van der Waals surface area contributed by atoms with Crippen LogP contribution in [0, 0.1) is 6.92 Å². The van der Waals surface area contributed by atoms with Gasteiger partial charge in [-0.1, -0.05) is 6.07 Å². The Balaban J connectivity index is 1.43. The van der Waals surface area contributed by atoms with Crippen LogP contribution in [0.2, 0.25) is 0 Å². The first-order chi connectivity index (χ1) is 16.5. The van der Waals surface area contributed by atoms with Gasteiger partial charge in [-0.25, -0.2) is 4.98 Å². The number of methoxy groups -OCH3 is 1. The molecule has 1 aliphatic heterocycles. The van der Waals surface area contributed by atoms with E-state index in [2.05, 4.69) is 20.3 Å². The number of ether oxygens (including phenoxy) is 1. The number of imidazole rings is 1. The molecular formula is C26H25N5O3. The molecule has 0 spiro atoms. The number of H-pyrrole nitrogens is 1. The van der Waals surface area contributed by atoms with Crippen molar-refractivity contribution in [1.29, 1.82) is 0 Å². The molecule has 0 aliphatic carbocycles. The van der Waals surface area contributed by atoms with E-state index >= 15 is 0 Å². The highest BCUT2D eigenvalue weighted by Gasteiger charge is 2.24. The van der Waals surface area contributed by atoms with Gasteiger partial charge in [0.15, 0.2) is 0 Å². The predicted octanol–water partition coefficient (Wildman–Crippen LogP) is 4.51. The molecule has 0 unspecified atom stereocenters. The molecule has 2 amide bonds. The number of hydrogen-bond acceptors (Lipinski definition) is 5. The molecule has 4 aromatic rings. The topological polar surface area (TPSA) is 100 Å². The number of carbonyl (C=O) groups excluding carboxylic acids is 2. The van der Waals surface area contributed by atoms with Crippen LogP contribution in [0.1, 0.15) is 44.9 Å². The van der Waals surface area contributed by atoms with Gasteiger partial charge in [0.2, 0.25) is 0 Å². The third kappa shape index (κ3) is 3.98. The van der Waals surface area contributed by atoms with Crippen molar-refractivity contribution in [2.75, 3.05) is 23.9 Å². The Bertz CT molecular complexity index is 1390. The summed E-state index contributed by atoms with van der Waals surface area (Å²) in [6.07, 6.45) is 6.36. The standard InChI is InChI=1S/C26H25N5O3/c1-16-28-20-7-5-8-21(24(20)29-16)30-25(32)19-10-9-17(14-23(19)34-2)26(33)31-13-4-3-6-18-15-27-12-11-22(18)31/h5,7-12,14-15H,3-4,6,13H2,1-2H3,(H,28,29)(H,30,32). The Hall–Kier alpha value is -4.20. The number of aromatic amines is 1. The summed E-state index contributed by atoms with van der Waals surface area (Å²) in [4.78, 5) is 40.2. The summed E-state index contributed by atoms with van der Waals surface area (Å²) >= 11 is 0. The minimum absolute atomic E-state index is 0.128. The number of aromatic nitrogens is 3. The molecule has 0 saturated carbocycles. The number of carbonyl (C=O) groups is 2. The quantitative estimate of drug-likeness (QED) is 0.472. The molecular weight excluding hydrogens is 430 g/mol. The third-order valence-corrected chi connectivity index (χ3v) is 6.06. The number of anilines is 2. The average molecular weight is 456 g/mol. The van der Waals surface area contributed by atoms with Crippen LogP contribution in [0.25, 0.3) is 11.0 Å². The van der Waals surface area contributed by atoms with E-state index in [0.717, 1.165) is 41.9 Å². The Labute approximate surface area is 197 Å².